The second-order valence-corrected chi connectivity index (χ2v) is 5.58. The summed E-state index contributed by atoms with van der Waals surface area (Å²) in [5, 5.41) is 0. The van der Waals surface area contributed by atoms with Crippen LogP contribution in [0.25, 0.3) is 11.1 Å². The number of carbonyl (C=O) groups excluding carboxylic acids is 1. The van der Waals surface area contributed by atoms with Crippen molar-refractivity contribution in [2.45, 2.75) is 19.6 Å². The zero-order valence-corrected chi connectivity index (χ0v) is 14.6. The lowest BCUT2D eigenvalue weighted by Crippen LogP contribution is -2.17. The topological polar surface area (TPSA) is 79.9 Å². The average molecular weight is 357 g/mol. The van der Waals surface area contributed by atoms with E-state index in [9.17, 15) is 9.59 Å². The molecule has 3 rings (SSSR count). The number of nitrogens with zero attached hydrogens (tertiary/aromatic N) is 1. The van der Waals surface area contributed by atoms with Gasteiger partial charge < -0.3 is 18.6 Å². The molecule has 7 heteroatoms. The molecule has 0 aliphatic carbocycles. The van der Waals surface area contributed by atoms with Gasteiger partial charge in [0.25, 0.3) is 0 Å². The fourth-order valence-corrected chi connectivity index (χ4v) is 2.65. The van der Waals surface area contributed by atoms with E-state index in [0.717, 1.165) is 0 Å². The van der Waals surface area contributed by atoms with Gasteiger partial charge in [0.2, 0.25) is 0 Å². The molecule has 0 spiro atoms. The van der Waals surface area contributed by atoms with E-state index in [-0.39, 0.29) is 19.6 Å². The van der Waals surface area contributed by atoms with Crippen molar-refractivity contribution in [1.82, 2.24) is 4.57 Å². The van der Waals surface area contributed by atoms with Crippen molar-refractivity contribution < 1.29 is 23.4 Å². The fourth-order valence-electron chi connectivity index (χ4n) is 2.65. The highest BCUT2D eigenvalue weighted by Crippen LogP contribution is 2.24. The van der Waals surface area contributed by atoms with Crippen LogP contribution in [0.4, 0.5) is 0 Å². The molecule has 136 valence electrons. The third-order valence-electron chi connectivity index (χ3n) is 3.99. The van der Waals surface area contributed by atoms with Gasteiger partial charge in [0, 0.05) is 12.1 Å². The molecule has 0 atom stereocenters. The molecule has 2 aromatic carbocycles. The Balaban J connectivity index is 1.63. The summed E-state index contributed by atoms with van der Waals surface area (Å²) in [6, 6.07) is 12.3. The van der Waals surface area contributed by atoms with Gasteiger partial charge in [-0.25, -0.2) is 4.79 Å². The van der Waals surface area contributed by atoms with Gasteiger partial charge in [-0.15, -0.1) is 0 Å². The van der Waals surface area contributed by atoms with Crippen LogP contribution in [0, 0.1) is 0 Å². The smallest absolute Gasteiger partial charge is 0.419 e. The van der Waals surface area contributed by atoms with Gasteiger partial charge in [-0.3, -0.25) is 9.36 Å². The maximum absolute atomic E-state index is 12.1. The van der Waals surface area contributed by atoms with Crippen LogP contribution >= 0.6 is 0 Å². The highest BCUT2D eigenvalue weighted by Gasteiger charge is 2.12. The first kappa shape index (κ1) is 17.6. The molecule has 3 aromatic rings. The maximum Gasteiger partial charge on any atom is 0.419 e. The molecular weight excluding hydrogens is 338 g/mol. The van der Waals surface area contributed by atoms with Gasteiger partial charge in [-0.1, -0.05) is 12.1 Å². The van der Waals surface area contributed by atoms with E-state index in [0.29, 0.717) is 28.2 Å². The Labute approximate surface area is 149 Å². The SMILES string of the molecule is COc1ccc(OC)c(COC(=O)CCn2c(=O)oc3ccccc32)c1. The molecule has 0 aliphatic rings. The van der Waals surface area contributed by atoms with E-state index < -0.39 is 11.7 Å². The average Bonchev–Trinajstić information content (AvgIpc) is 2.99. The lowest BCUT2D eigenvalue weighted by atomic mass is 10.2. The summed E-state index contributed by atoms with van der Waals surface area (Å²) in [7, 11) is 3.11. The second kappa shape index (κ2) is 7.77. The molecule has 0 fully saturated rings. The highest BCUT2D eigenvalue weighted by molar-refractivity contribution is 5.73. The molecule has 0 saturated heterocycles. The predicted molar refractivity (Wildman–Crippen MR) is 94.4 cm³/mol. The first-order valence-electron chi connectivity index (χ1n) is 8.07. The van der Waals surface area contributed by atoms with E-state index in [2.05, 4.69) is 0 Å². The standard InChI is InChI=1S/C19H19NO6/c1-23-14-7-8-16(24-2)13(11-14)12-25-18(21)9-10-20-15-5-3-4-6-17(15)26-19(20)22/h3-8,11H,9-10,12H2,1-2H3. The zero-order valence-electron chi connectivity index (χ0n) is 14.6. The van der Waals surface area contributed by atoms with E-state index in [4.69, 9.17) is 18.6 Å². The number of benzene rings is 2. The second-order valence-electron chi connectivity index (χ2n) is 5.58. The minimum absolute atomic E-state index is 0.0513. The molecule has 0 saturated carbocycles. The van der Waals surface area contributed by atoms with Crippen molar-refractivity contribution in [2.24, 2.45) is 0 Å². The van der Waals surface area contributed by atoms with Crippen molar-refractivity contribution in [1.29, 1.82) is 0 Å². The number of hydrogen-bond acceptors (Lipinski definition) is 6. The number of aromatic nitrogens is 1. The Bertz CT molecular complexity index is 972. The first-order valence-corrected chi connectivity index (χ1v) is 8.07. The Hall–Kier alpha value is -3.22. The molecular formula is C19H19NO6. The predicted octanol–water partition coefficient (Wildman–Crippen LogP) is 2.75. The van der Waals surface area contributed by atoms with Crippen LogP contribution in [0.15, 0.2) is 51.7 Å². The fraction of sp³-hybridized carbons (Fsp3) is 0.263. The number of carbonyl (C=O) groups is 1. The summed E-state index contributed by atoms with van der Waals surface area (Å²) in [5.41, 5.74) is 1.85. The maximum atomic E-state index is 12.1. The van der Waals surface area contributed by atoms with Crippen LogP contribution in [-0.2, 0) is 22.7 Å². The van der Waals surface area contributed by atoms with Gasteiger partial charge in [0.05, 0.1) is 26.2 Å². The third kappa shape index (κ3) is 3.72. The molecule has 0 bridgehead atoms. The number of hydrogen-bond donors (Lipinski definition) is 0. The molecule has 0 amide bonds. The van der Waals surface area contributed by atoms with E-state index in [1.807, 2.05) is 0 Å². The Morgan fingerprint density at radius 2 is 1.92 bits per heavy atom. The largest absolute Gasteiger partial charge is 0.497 e. The summed E-state index contributed by atoms with van der Waals surface area (Å²) in [6.45, 7) is 0.240. The van der Waals surface area contributed by atoms with Crippen LogP contribution < -0.4 is 15.2 Å². The summed E-state index contributed by atoms with van der Waals surface area (Å²) in [6.07, 6.45) is 0.0513. The van der Waals surface area contributed by atoms with Gasteiger partial charge in [-0.2, -0.15) is 0 Å². The molecule has 0 N–H and O–H groups in total. The number of methoxy groups -OCH3 is 2. The Morgan fingerprint density at radius 1 is 1.12 bits per heavy atom. The lowest BCUT2D eigenvalue weighted by Gasteiger charge is -2.11. The molecule has 0 aliphatic heterocycles. The molecule has 26 heavy (non-hydrogen) atoms. The number of para-hydroxylation sites is 2. The summed E-state index contributed by atoms with van der Waals surface area (Å²) in [4.78, 5) is 24.0. The van der Waals surface area contributed by atoms with Crippen molar-refractivity contribution >= 4 is 17.1 Å². The number of aryl methyl sites for hydroxylation is 1. The quantitative estimate of drug-likeness (QED) is 0.605. The van der Waals surface area contributed by atoms with Gasteiger partial charge in [0.1, 0.15) is 18.1 Å². The molecule has 0 radical (unpaired) electrons. The van der Waals surface area contributed by atoms with Crippen molar-refractivity contribution in [3.63, 3.8) is 0 Å². The third-order valence-corrected chi connectivity index (χ3v) is 3.99. The monoisotopic (exact) mass is 357 g/mol. The van der Waals surface area contributed by atoms with Crippen LogP contribution in [0.1, 0.15) is 12.0 Å². The summed E-state index contributed by atoms with van der Waals surface area (Å²) >= 11 is 0. The highest BCUT2D eigenvalue weighted by atomic mass is 16.5. The number of ether oxygens (including phenoxy) is 3. The van der Waals surface area contributed by atoms with Gasteiger partial charge in [-0.05, 0) is 30.3 Å². The number of esters is 1. The molecule has 0 unspecified atom stereocenters. The van der Waals surface area contributed by atoms with Crippen molar-refractivity contribution in [2.75, 3.05) is 14.2 Å². The van der Waals surface area contributed by atoms with Crippen molar-refractivity contribution in [3.8, 4) is 11.5 Å². The van der Waals surface area contributed by atoms with Crippen molar-refractivity contribution in [3.05, 3.63) is 58.6 Å². The number of rotatable bonds is 7. The van der Waals surface area contributed by atoms with Crippen LogP contribution in [0.3, 0.4) is 0 Å². The van der Waals surface area contributed by atoms with Crippen LogP contribution in [-0.4, -0.2) is 24.8 Å². The normalized spacial score (nSPS) is 10.7. The molecule has 7 nitrogen and oxygen atoms in total. The summed E-state index contributed by atoms with van der Waals surface area (Å²) < 4.78 is 22.3. The first-order chi connectivity index (χ1) is 12.6. The molecule has 1 heterocycles. The summed E-state index contributed by atoms with van der Waals surface area (Å²) in [5.74, 6) is 0.337. The van der Waals surface area contributed by atoms with E-state index in [1.54, 1.807) is 56.7 Å². The van der Waals surface area contributed by atoms with Gasteiger partial charge in [0.15, 0.2) is 5.58 Å². The lowest BCUT2D eigenvalue weighted by molar-refractivity contribution is -0.145. The minimum Gasteiger partial charge on any atom is -0.497 e. The van der Waals surface area contributed by atoms with Crippen LogP contribution in [0.5, 0.6) is 11.5 Å². The number of oxazole rings is 1. The number of fused-ring (bicyclic) bond motifs is 1. The van der Waals surface area contributed by atoms with Gasteiger partial charge >= 0.3 is 11.7 Å². The molecule has 1 aromatic heterocycles. The van der Waals surface area contributed by atoms with E-state index in [1.165, 1.54) is 4.57 Å². The Morgan fingerprint density at radius 3 is 2.69 bits per heavy atom. The van der Waals surface area contributed by atoms with Crippen LogP contribution in [0.2, 0.25) is 0 Å². The minimum atomic E-state index is -0.492. The zero-order chi connectivity index (χ0) is 18.5. The Kier molecular flexibility index (Phi) is 5.26. The van der Waals surface area contributed by atoms with E-state index >= 15 is 0 Å².